The van der Waals surface area contributed by atoms with Gasteiger partial charge in [0.15, 0.2) is 0 Å². The van der Waals surface area contributed by atoms with Crippen LogP contribution in [0.25, 0.3) is 11.1 Å². The number of ether oxygens (including phenoxy) is 1. The van der Waals surface area contributed by atoms with Crippen molar-refractivity contribution in [3.05, 3.63) is 71.0 Å². The van der Waals surface area contributed by atoms with E-state index in [1.54, 1.807) is 12.1 Å². The molecule has 2 aromatic carbocycles. The molecule has 1 saturated heterocycles. The Balaban J connectivity index is 1.35. The van der Waals surface area contributed by atoms with Crippen molar-refractivity contribution >= 4 is 40.8 Å². The van der Waals surface area contributed by atoms with Crippen LogP contribution in [0.2, 0.25) is 5.02 Å². The molecule has 1 aromatic heterocycles. The molecule has 3 aromatic rings. The van der Waals surface area contributed by atoms with Crippen LogP contribution in [-0.2, 0) is 16.0 Å². The van der Waals surface area contributed by atoms with Crippen LogP contribution in [0.3, 0.4) is 0 Å². The zero-order valence-electron chi connectivity index (χ0n) is 20.6. The van der Waals surface area contributed by atoms with Gasteiger partial charge in [-0.25, -0.2) is 14.8 Å². The van der Waals surface area contributed by atoms with Crippen molar-refractivity contribution in [1.29, 1.82) is 5.41 Å². The average molecular weight is 521 g/mol. The number of piperazine rings is 1. The number of Topliss-reactive ketones (excluding diaryl/α,β-unsaturated/α-hetero) is 1. The van der Waals surface area contributed by atoms with E-state index in [2.05, 4.69) is 19.8 Å². The number of nitrogens with one attached hydrogen (secondary N) is 1. The fraction of sp³-hybridized carbons (Fsp3) is 0.296. The molecule has 192 valence electrons. The van der Waals surface area contributed by atoms with Gasteiger partial charge in [0.05, 0.1) is 35.6 Å². The number of hydrogen-bond acceptors (Lipinski definition) is 8. The van der Waals surface area contributed by atoms with E-state index in [1.807, 2.05) is 42.7 Å². The Morgan fingerprint density at radius 3 is 2.38 bits per heavy atom. The zero-order valence-corrected chi connectivity index (χ0v) is 21.4. The predicted molar refractivity (Wildman–Crippen MR) is 145 cm³/mol. The minimum Gasteiger partial charge on any atom is -0.465 e. The fourth-order valence-corrected chi connectivity index (χ4v) is 4.58. The molecule has 10 heteroatoms. The topological polar surface area (TPSA) is 126 Å². The smallest absolute Gasteiger partial charge is 0.337 e. The summed E-state index contributed by atoms with van der Waals surface area (Å²) in [7, 11) is 1.35. The molecule has 0 spiro atoms. The lowest BCUT2D eigenvalue weighted by molar-refractivity contribution is -0.117. The number of carbonyl (C=O) groups is 2. The number of amidine groups is 1. The molecule has 0 amide bonds. The summed E-state index contributed by atoms with van der Waals surface area (Å²) in [5, 5.41) is 7.76. The van der Waals surface area contributed by atoms with E-state index in [9.17, 15) is 9.59 Å². The van der Waals surface area contributed by atoms with Gasteiger partial charge in [0.25, 0.3) is 0 Å². The Labute approximate surface area is 220 Å². The van der Waals surface area contributed by atoms with Crippen molar-refractivity contribution in [2.24, 2.45) is 5.73 Å². The van der Waals surface area contributed by atoms with E-state index in [4.69, 9.17) is 27.5 Å². The molecule has 0 aliphatic carbocycles. The van der Waals surface area contributed by atoms with Gasteiger partial charge in [-0.3, -0.25) is 10.2 Å². The molecular formula is C27H29ClN6O3. The fourth-order valence-electron chi connectivity index (χ4n) is 4.28. The number of hydrogen-bond donors (Lipinski definition) is 2. The number of methoxy groups -OCH3 is 1. The van der Waals surface area contributed by atoms with Gasteiger partial charge in [0.2, 0.25) is 5.95 Å². The van der Waals surface area contributed by atoms with Crippen molar-refractivity contribution in [3.63, 3.8) is 0 Å². The monoisotopic (exact) mass is 520 g/mol. The van der Waals surface area contributed by atoms with Gasteiger partial charge in [-0.1, -0.05) is 35.9 Å². The lowest BCUT2D eigenvalue weighted by atomic mass is 10.0. The number of benzene rings is 2. The van der Waals surface area contributed by atoms with E-state index in [0.717, 1.165) is 48.6 Å². The summed E-state index contributed by atoms with van der Waals surface area (Å²) < 4.78 is 4.76. The van der Waals surface area contributed by atoms with E-state index in [1.165, 1.54) is 7.11 Å². The number of halogens is 1. The number of nitrogens with zero attached hydrogens (tertiary/aromatic N) is 4. The molecule has 1 aliphatic heterocycles. The number of aromatic nitrogens is 2. The predicted octanol–water partition coefficient (Wildman–Crippen LogP) is 3.74. The second kappa shape index (κ2) is 11.8. The van der Waals surface area contributed by atoms with Crippen LogP contribution in [0.4, 0.5) is 11.6 Å². The number of rotatable bonds is 9. The lowest BCUT2D eigenvalue weighted by Crippen LogP contribution is -2.47. The van der Waals surface area contributed by atoms with Crippen LogP contribution in [0, 0.1) is 5.41 Å². The Morgan fingerprint density at radius 1 is 1.03 bits per heavy atom. The molecule has 2 heterocycles. The molecule has 4 rings (SSSR count). The van der Waals surface area contributed by atoms with Gasteiger partial charge >= 0.3 is 5.97 Å². The van der Waals surface area contributed by atoms with Gasteiger partial charge in [0.1, 0.15) is 5.78 Å². The highest BCUT2D eigenvalue weighted by Gasteiger charge is 2.21. The normalized spacial score (nSPS) is 13.4. The van der Waals surface area contributed by atoms with Gasteiger partial charge in [-0.2, -0.15) is 0 Å². The maximum Gasteiger partial charge on any atom is 0.337 e. The molecule has 0 atom stereocenters. The van der Waals surface area contributed by atoms with E-state index >= 15 is 0 Å². The molecular weight excluding hydrogens is 492 g/mol. The highest BCUT2D eigenvalue weighted by Crippen LogP contribution is 2.29. The van der Waals surface area contributed by atoms with Crippen molar-refractivity contribution in [3.8, 4) is 11.1 Å². The molecule has 0 unspecified atom stereocenters. The number of esters is 1. The SMILES string of the molecule is COC(=O)c1ccc(N2CCN(c3ncc(-c4cccc(CCC(=O)CC(=N)N)c4)cn3)CC2)c(Cl)c1. The Bertz CT molecular complexity index is 1290. The van der Waals surface area contributed by atoms with Crippen molar-refractivity contribution in [2.45, 2.75) is 19.3 Å². The van der Waals surface area contributed by atoms with Crippen LogP contribution < -0.4 is 15.5 Å². The quantitative estimate of drug-likeness (QED) is 0.248. The molecule has 9 nitrogen and oxygen atoms in total. The van der Waals surface area contributed by atoms with Crippen LogP contribution in [0.15, 0.2) is 54.9 Å². The first-order valence-electron chi connectivity index (χ1n) is 12.0. The van der Waals surface area contributed by atoms with E-state index in [0.29, 0.717) is 29.4 Å². The van der Waals surface area contributed by atoms with Crippen LogP contribution in [0.1, 0.15) is 28.8 Å². The maximum absolute atomic E-state index is 11.9. The van der Waals surface area contributed by atoms with Crippen LogP contribution in [0.5, 0.6) is 0 Å². The van der Waals surface area contributed by atoms with Crippen LogP contribution in [-0.4, -0.2) is 60.8 Å². The summed E-state index contributed by atoms with van der Waals surface area (Å²) in [6.45, 7) is 2.95. The number of carbonyl (C=O) groups excluding carboxylic acids is 2. The molecule has 3 N–H and O–H groups in total. The minimum absolute atomic E-state index is 0.00202. The average Bonchev–Trinajstić information content (AvgIpc) is 2.91. The molecule has 0 bridgehead atoms. The Morgan fingerprint density at radius 2 is 1.73 bits per heavy atom. The molecule has 37 heavy (non-hydrogen) atoms. The Kier molecular flexibility index (Phi) is 8.35. The van der Waals surface area contributed by atoms with Gasteiger partial charge in [0, 0.05) is 50.6 Å². The second-order valence-corrected chi connectivity index (χ2v) is 9.25. The lowest BCUT2D eigenvalue weighted by Gasteiger charge is -2.36. The molecule has 1 fully saturated rings. The van der Waals surface area contributed by atoms with E-state index < -0.39 is 5.97 Å². The summed E-state index contributed by atoms with van der Waals surface area (Å²) in [5.74, 6) is 0.119. The van der Waals surface area contributed by atoms with Gasteiger partial charge in [-0.15, -0.1) is 0 Å². The third-order valence-electron chi connectivity index (χ3n) is 6.25. The first-order chi connectivity index (χ1) is 17.8. The number of nitrogens with two attached hydrogens (primary N) is 1. The van der Waals surface area contributed by atoms with Gasteiger partial charge in [-0.05, 0) is 35.7 Å². The highest BCUT2D eigenvalue weighted by atomic mass is 35.5. The third kappa shape index (κ3) is 6.62. The molecule has 1 aliphatic rings. The minimum atomic E-state index is -0.412. The second-order valence-electron chi connectivity index (χ2n) is 8.84. The van der Waals surface area contributed by atoms with Gasteiger partial charge < -0.3 is 20.3 Å². The largest absolute Gasteiger partial charge is 0.465 e. The summed E-state index contributed by atoms with van der Waals surface area (Å²) in [4.78, 5) is 37.1. The van der Waals surface area contributed by atoms with Crippen molar-refractivity contribution in [2.75, 3.05) is 43.1 Å². The zero-order chi connectivity index (χ0) is 26.4. The summed E-state index contributed by atoms with van der Waals surface area (Å²) in [6, 6.07) is 13.2. The molecule has 0 radical (unpaired) electrons. The first-order valence-corrected chi connectivity index (χ1v) is 12.4. The maximum atomic E-state index is 11.9. The third-order valence-corrected chi connectivity index (χ3v) is 6.55. The number of aryl methyl sites for hydroxylation is 1. The Hall–Kier alpha value is -3.98. The van der Waals surface area contributed by atoms with Crippen molar-refractivity contribution in [1.82, 2.24) is 9.97 Å². The first kappa shape index (κ1) is 26.1. The van der Waals surface area contributed by atoms with E-state index in [-0.39, 0.29) is 18.0 Å². The van der Waals surface area contributed by atoms with Crippen molar-refractivity contribution < 1.29 is 14.3 Å². The summed E-state index contributed by atoms with van der Waals surface area (Å²) in [5.41, 5.74) is 9.54. The van der Waals surface area contributed by atoms with Crippen LogP contribution >= 0.6 is 11.6 Å². The summed E-state index contributed by atoms with van der Waals surface area (Å²) in [6.07, 6.45) is 4.58. The molecule has 0 saturated carbocycles. The standard InChI is InChI=1S/C27H29ClN6O3/c1-37-26(36)20-6-8-24(23(28)14-20)33-9-11-34(12-10-33)27-31-16-21(17-32-27)19-4-2-3-18(13-19)5-7-22(35)15-25(29)30/h2-4,6,8,13-14,16-17H,5,7,9-12,15H2,1H3,(H3,29,30). The number of ketones is 1. The highest BCUT2D eigenvalue weighted by molar-refractivity contribution is 6.33. The number of anilines is 2. The summed E-state index contributed by atoms with van der Waals surface area (Å²) >= 11 is 6.44.